The van der Waals surface area contributed by atoms with Crippen molar-refractivity contribution in [2.24, 2.45) is 0 Å². The number of halogens is 1. The van der Waals surface area contributed by atoms with E-state index in [4.69, 9.17) is 11.6 Å². The van der Waals surface area contributed by atoms with E-state index in [1.54, 1.807) is 12.1 Å². The average molecular weight is 256 g/mol. The maximum absolute atomic E-state index is 11.4. The molecule has 1 aromatic rings. The molecule has 1 aromatic carbocycles. The summed E-state index contributed by atoms with van der Waals surface area (Å²) < 4.78 is 0. The first-order chi connectivity index (χ1) is 8.02. The quantitative estimate of drug-likeness (QED) is 0.766. The number of carbonyl (C=O) groups excluding carboxylic acids is 2. The van der Waals surface area contributed by atoms with Crippen LogP contribution in [0.2, 0.25) is 5.02 Å². The minimum atomic E-state index is -0.473. The predicted octanol–water partition coefficient (Wildman–Crippen LogP) is 1.52. The fraction of sp³-hybridized carbons (Fsp3) is 0.273. The number of amides is 3. The molecule has 0 aliphatic heterocycles. The average Bonchev–Trinajstić information content (AvgIpc) is 2.29. The summed E-state index contributed by atoms with van der Waals surface area (Å²) in [5.74, 6) is -0.268. The van der Waals surface area contributed by atoms with Gasteiger partial charge in [0.15, 0.2) is 0 Å². The van der Waals surface area contributed by atoms with Crippen molar-refractivity contribution in [1.82, 2.24) is 10.6 Å². The van der Waals surface area contributed by atoms with Gasteiger partial charge in [-0.25, -0.2) is 4.79 Å². The molecule has 0 spiro atoms. The van der Waals surface area contributed by atoms with Crippen LogP contribution in [-0.4, -0.2) is 25.5 Å². The van der Waals surface area contributed by atoms with Gasteiger partial charge in [-0.15, -0.1) is 0 Å². The molecule has 6 heteroatoms. The van der Waals surface area contributed by atoms with Gasteiger partial charge in [0.2, 0.25) is 5.91 Å². The van der Waals surface area contributed by atoms with Gasteiger partial charge in [0.05, 0.1) is 17.3 Å². The van der Waals surface area contributed by atoms with Gasteiger partial charge in [0, 0.05) is 7.05 Å². The third-order valence-corrected chi connectivity index (χ3v) is 2.37. The van der Waals surface area contributed by atoms with Crippen LogP contribution < -0.4 is 16.0 Å². The minimum absolute atomic E-state index is 0.0776. The fourth-order valence-electron chi connectivity index (χ4n) is 1.14. The molecule has 0 aliphatic rings. The first-order valence-electron chi connectivity index (χ1n) is 5.04. The second-order valence-electron chi connectivity index (χ2n) is 3.46. The van der Waals surface area contributed by atoms with Crippen molar-refractivity contribution >= 4 is 29.2 Å². The number of anilines is 1. The number of hydrogen-bond donors (Lipinski definition) is 3. The molecule has 0 radical (unpaired) electrons. The number of carbonyl (C=O) groups is 2. The second-order valence-corrected chi connectivity index (χ2v) is 3.87. The maximum Gasteiger partial charge on any atom is 0.319 e. The van der Waals surface area contributed by atoms with Crippen LogP contribution in [0.15, 0.2) is 18.2 Å². The molecule has 0 atom stereocenters. The predicted molar refractivity (Wildman–Crippen MR) is 67.3 cm³/mol. The Hall–Kier alpha value is -1.75. The lowest BCUT2D eigenvalue weighted by Crippen LogP contribution is -2.37. The van der Waals surface area contributed by atoms with Gasteiger partial charge in [-0.1, -0.05) is 17.7 Å². The van der Waals surface area contributed by atoms with Gasteiger partial charge in [0.1, 0.15) is 0 Å². The van der Waals surface area contributed by atoms with Gasteiger partial charge in [-0.05, 0) is 24.6 Å². The normalized spacial score (nSPS) is 9.59. The maximum atomic E-state index is 11.4. The molecule has 3 amide bonds. The number of hydrogen-bond acceptors (Lipinski definition) is 2. The van der Waals surface area contributed by atoms with E-state index in [9.17, 15) is 9.59 Å². The standard InChI is InChI=1S/C11H14ClN3O2/c1-7-3-4-9(8(12)5-7)15-11(17)14-6-10(16)13-2/h3-5H,6H2,1-2H3,(H,13,16)(H2,14,15,17). The number of nitrogens with one attached hydrogen (secondary N) is 3. The number of aryl methyl sites for hydroxylation is 1. The van der Waals surface area contributed by atoms with E-state index >= 15 is 0 Å². The molecule has 3 N–H and O–H groups in total. The van der Waals surface area contributed by atoms with E-state index in [1.807, 2.05) is 13.0 Å². The van der Waals surface area contributed by atoms with Crippen molar-refractivity contribution in [3.8, 4) is 0 Å². The molecule has 0 heterocycles. The van der Waals surface area contributed by atoms with Crippen LogP contribution in [0.1, 0.15) is 5.56 Å². The Morgan fingerprint density at radius 1 is 1.35 bits per heavy atom. The molecule has 0 aliphatic carbocycles. The summed E-state index contributed by atoms with van der Waals surface area (Å²) in [5.41, 5.74) is 1.51. The van der Waals surface area contributed by atoms with Gasteiger partial charge >= 0.3 is 6.03 Å². The SMILES string of the molecule is CNC(=O)CNC(=O)Nc1ccc(C)cc1Cl. The first-order valence-corrected chi connectivity index (χ1v) is 5.42. The highest BCUT2D eigenvalue weighted by atomic mass is 35.5. The Morgan fingerprint density at radius 3 is 2.65 bits per heavy atom. The van der Waals surface area contributed by atoms with Gasteiger partial charge < -0.3 is 16.0 Å². The highest BCUT2D eigenvalue weighted by molar-refractivity contribution is 6.33. The fourth-order valence-corrected chi connectivity index (χ4v) is 1.42. The van der Waals surface area contributed by atoms with E-state index in [2.05, 4.69) is 16.0 Å². The number of rotatable bonds is 3. The van der Waals surface area contributed by atoms with Gasteiger partial charge in [-0.3, -0.25) is 4.79 Å². The van der Waals surface area contributed by atoms with Gasteiger partial charge in [-0.2, -0.15) is 0 Å². The van der Waals surface area contributed by atoms with E-state index in [0.29, 0.717) is 10.7 Å². The summed E-state index contributed by atoms with van der Waals surface area (Å²) in [6.45, 7) is 1.83. The lowest BCUT2D eigenvalue weighted by atomic mass is 10.2. The monoisotopic (exact) mass is 255 g/mol. The Bertz CT molecular complexity index is 435. The van der Waals surface area contributed by atoms with Crippen molar-refractivity contribution in [1.29, 1.82) is 0 Å². The zero-order chi connectivity index (χ0) is 12.8. The number of likely N-dealkylation sites (N-methyl/N-ethyl adjacent to an activating group) is 1. The summed E-state index contributed by atoms with van der Waals surface area (Å²) in [6.07, 6.45) is 0. The molecule has 0 saturated heterocycles. The molecule has 0 unspecified atom stereocenters. The number of benzene rings is 1. The summed E-state index contributed by atoms with van der Waals surface area (Å²) >= 11 is 5.94. The molecular weight excluding hydrogens is 242 g/mol. The van der Waals surface area contributed by atoms with Crippen LogP contribution in [0.5, 0.6) is 0 Å². The lowest BCUT2D eigenvalue weighted by Gasteiger charge is -2.08. The summed E-state index contributed by atoms with van der Waals surface area (Å²) in [6, 6.07) is 4.81. The van der Waals surface area contributed by atoms with E-state index in [0.717, 1.165) is 5.56 Å². The van der Waals surface area contributed by atoms with Crippen molar-refractivity contribution in [2.75, 3.05) is 18.9 Å². The Labute approximate surface area is 105 Å². The molecule has 0 aromatic heterocycles. The molecular formula is C11H14ClN3O2. The van der Waals surface area contributed by atoms with Crippen LogP contribution in [0.4, 0.5) is 10.5 Å². The summed E-state index contributed by atoms with van der Waals surface area (Å²) in [5, 5.41) is 7.81. The van der Waals surface area contributed by atoms with Crippen LogP contribution in [-0.2, 0) is 4.79 Å². The zero-order valence-corrected chi connectivity index (χ0v) is 10.4. The molecule has 5 nitrogen and oxygen atoms in total. The zero-order valence-electron chi connectivity index (χ0n) is 9.63. The highest BCUT2D eigenvalue weighted by Gasteiger charge is 2.06. The lowest BCUT2D eigenvalue weighted by molar-refractivity contribution is -0.119. The van der Waals surface area contributed by atoms with Crippen LogP contribution in [0, 0.1) is 6.92 Å². The Kier molecular flexibility index (Phi) is 4.78. The first kappa shape index (κ1) is 13.3. The van der Waals surface area contributed by atoms with E-state index in [1.165, 1.54) is 7.05 Å². The summed E-state index contributed by atoms with van der Waals surface area (Å²) in [4.78, 5) is 22.3. The van der Waals surface area contributed by atoms with Crippen LogP contribution in [0.25, 0.3) is 0 Å². The van der Waals surface area contributed by atoms with E-state index < -0.39 is 6.03 Å². The molecule has 0 fully saturated rings. The molecule has 1 rings (SSSR count). The largest absolute Gasteiger partial charge is 0.358 e. The number of urea groups is 1. The third-order valence-electron chi connectivity index (χ3n) is 2.06. The molecule has 17 heavy (non-hydrogen) atoms. The topological polar surface area (TPSA) is 70.2 Å². The summed E-state index contributed by atoms with van der Waals surface area (Å²) in [7, 11) is 1.50. The van der Waals surface area contributed by atoms with Crippen molar-refractivity contribution in [3.05, 3.63) is 28.8 Å². The van der Waals surface area contributed by atoms with Crippen LogP contribution >= 0.6 is 11.6 Å². The van der Waals surface area contributed by atoms with E-state index in [-0.39, 0.29) is 12.5 Å². The van der Waals surface area contributed by atoms with Crippen molar-refractivity contribution in [3.63, 3.8) is 0 Å². The highest BCUT2D eigenvalue weighted by Crippen LogP contribution is 2.22. The minimum Gasteiger partial charge on any atom is -0.358 e. The Balaban J connectivity index is 2.53. The van der Waals surface area contributed by atoms with Gasteiger partial charge in [0.25, 0.3) is 0 Å². The van der Waals surface area contributed by atoms with Crippen LogP contribution in [0.3, 0.4) is 0 Å². The molecule has 0 saturated carbocycles. The smallest absolute Gasteiger partial charge is 0.319 e. The van der Waals surface area contributed by atoms with Crippen molar-refractivity contribution in [2.45, 2.75) is 6.92 Å². The molecule has 0 bridgehead atoms. The third kappa shape index (κ3) is 4.32. The second kappa shape index (κ2) is 6.10. The Morgan fingerprint density at radius 2 is 2.06 bits per heavy atom. The van der Waals surface area contributed by atoms with Crippen molar-refractivity contribution < 1.29 is 9.59 Å². The molecule has 92 valence electrons.